The third kappa shape index (κ3) is 19.9. The van der Waals surface area contributed by atoms with Gasteiger partial charge in [-0.1, -0.05) is 123 Å². The highest BCUT2D eigenvalue weighted by Gasteiger charge is 2.24. The molecule has 5 heteroatoms. The SMILES string of the molecule is CCCCCCCCCCCCCCCCCOC(=O)C(C)N(C)C(=O)OCCCCCC. The van der Waals surface area contributed by atoms with Gasteiger partial charge in [-0.15, -0.1) is 0 Å². The summed E-state index contributed by atoms with van der Waals surface area (Å²) in [4.78, 5) is 25.5. The molecule has 5 nitrogen and oxygen atoms in total. The first kappa shape index (κ1) is 31.7. The summed E-state index contributed by atoms with van der Waals surface area (Å²) in [6.45, 7) is 6.94. The van der Waals surface area contributed by atoms with Gasteiger partial charge in [0.1, 0.15) is 6.04 Å². The first-order valence-corrected chi connectivity index (χ1v) is 14.1. The van der Waals surface area contributed by atoms with Crippen molar-refractivity contribution in [2.45, 2.75) is 149 Å². The molecule has 0 aromatic rings. The standard InChI is InChI=1S/C28H55NO4/c1-5-7-9-11-12-13-14-15-16-17-18-19-20-21-23-24-32-27(30)26(3)29(4)28(31)33-25-22-10-8-6-2/h26H,5-25H2,1-4H3. The van der Waals surface area contributed by atoms with Gasteiger partial charge in [-0.25, -0.2) is 9.59 Å². The Morgan fingerprint density at radius 3 is 1.33 bits per heavy atom. The van der Waals surface area contributed by atoms with Crippen molar-refractivity contribution in [3.8, 4) is 0 Å². The van der Waals surface area contributed by atoms with E-state index in [0.717, 1.165) is 38.5 Å². The van der Waals surface area contributed by atoms with E-state index in [2.05, 4.69) is 13.8 Å². The van der Waals surface area contributed by atoms with E-state index in [4.69, 9.17) is 9.47 Å². The van der Waals surface area contributed by atoms with E-state index in [1.807, 2.05) is 0 Å². The minimum atomic E-state index is -0.621. The second-order valence-electron chi connectivity index (χ2n) is 9.58. The number of hydrogen-bond donors (Lipinski definition) is 0. The Morgan fingerprint density at radius 2 is 0.909 bits per heavy atom. The van der Waals surface area contributed by atoms with Crippen molar-refractivity contribution in [2.24, 2.45) is 0 Å². The third-order valence-corrected chi connectivity index (χ3v) is 6.43. The number of rotatable bonds is 23. The van der Waals surface area contributed by atoms with Gasteiger partial charge in [-0.05, 0) is 19.8 Å². The van der Waals surface area contributed by atoms with E-state index >= 15 is 0 Å². The van der Waals surface area contributed by atoms with Crippen molar-refractivity contribution in [3.05, 3.63) is 0 Å². The molecule has 0 aromatic carbocycles. The molecule has 0 spiro atoms. The zero-order valence-corrected chi connectivity index (χ0v) is 22.5. The van der Waals surface area contributed by atoms with Gasteiger partial charge in [0.15, 0.2) is 0 Å². The molecule has 0 bridgehead atoms. The van der Waals surface area contributed by atoms with Crippen LogP contribution in [0, 0.1) is 0 Å². The second-order valence-corrected chi connectivity index (χ2v) is 9.58. The normalized spacial score (nSPS) is 11.9. The van der Waals surface area contributed by atoms with Gasteiger partial charge in [0, 0.05) is 7.05 Å². The van der Waals surface area contributed by atoms with Crippen molar-refractivity contribution < 1.29 is 19.1 Å². The van der Waals surface area contributed by atoms with Gasteiger partial charge in [0.2, 0.25) is 0 Å². The molecule has 0 radical (unpaired) electrons. The maximum absolute atomic E-state index is 12.2. The smallest absolute Gasteiger partial charge is 0.410 e. The second kappa shape index (κ2) is 23.9. The highest BCUT2D eigenvalue weighted by atomic mass is 16.6. The molecular weight excluding hydrogens is 414 g/mol. The molecule has 1 unspecified atom stereocenters. The van der Waals surface area contributed by atoms with Crippen LogP contribution >= 0.6 is 0 Å². The van der Waals surface area contributed by atoms with Crippen molar-refractivity contribution in [2.75, 3.05) is 20.3 Å². The van der Waals surface area contributed by atoms with Crippen LogP contribution < -0.4 is 0 Å². The largest absolute Gasteiger partial charge is 0.464 e. The monoisotopic (exact) mass is 469 g/mol. The van der Waals surface area contributed by atoms with Gasteiger partial charge in [0.05, 0.1) is 13.2 Å². The van der Waals surface area contributed by atoms with Gasteiger partial charge in [-0.3, -0.25) is 4.90 Å². The summed E-state index contributed by atoms with van der Waals surface area (Å²) in [6, 6.07) is -0.621. The fraction of sp³-hybridized carbons (Fsp3) is 0.929. The van der Waals surface area contributed by atoms with Crippen LogP contribution in [0.1, 0.15) is 143 Å². The molecule has 33 heavy (non-hydrogen) atoms. The number of likely N-dealkylation sites (N-methyl/N-ethyl adjacent to an activating group) is 1. The lowest BCUT2D eigenvalue weighted by atomic mass is 10.0. The predicted octanol–water partition coefficient (Wildman–Crippen LogP) is 8.44. The third-order valence-electron chi connectivity index (χ3n) is 6.43. The van der Waals surface area contributed by atoms with Crippen LogP contribution in [0.2, 0.25) is 0 Å². The van der Waals surface area contributed by atoms with E-state index in [-0.39, 0.29) is 5.97 Å². The summed E-state index contributed by atoms with van der Waals surface area (Å²) in [5, 5.41) is 0. The van der Waals surface area contributed by atoms with Crippen molar-refractivity contribution >= 4 is 12.1 Å². The molecule has 196 valence electrons. The number of amides is 1. The lowest BCUT2D eigenvalue weighted by molar-refractivity contribution is -0.148. The van der Waals surface area contributed by atoms with Crippen LogP contribution in [-0.4, -0.2) is 43.3 Å². The summed E-state index contributed by atoms with van der Waals surface area (Å²) in [5.41, 5.74) is 0. The van der Waals surface area contributed by atoms with Crippen LogP contribution in [0.3, 0.4) is 0 Å². The first-order valence-electron chi connectivity index (χ1n) is 14.1. The molecule has 0 rings (SSSR count). The molecule has 0 aliphatic rings. The number of ether oxygens (including phenoxy) is 2. The molecule has 0 aromatic heterocycles. The summed E-state index contributed by atoms with van der Waals surface area (Å²) in [6.07, 6.45) is 23.5. The molecule has 1 atom stereocenters. The predicted molar refractivity (Wildman–Crippen MR) is 139 cm³/mol. The quantitative estimate of drug-likeness (QED) is 0.111. The van der Waals surface area contributed by atoms with Gasteiger partial charge in [-0.2, -0.15) is 0 Å². The fourth-order valence-corrected chi connectivity index (χ4v) is 3.87. The maximum atomic E-state index is 12.2. The average molecular weight is 470 g/mol. The Labute approximate surface area is 205 Å². The van der Waals surface area contributed by atoms with Crippen LogP contribution in [0.15, 0.2) is 0 Å². The topological polar surface area (TPSA) is 55.8 Å². The van der Waals surface area contributed by atoms with Gasteiger partial charge >= 0.3 is 12.1 Å². The highest BCUT2D eigenvalue weighted by Crippen LogP contribution is 2.13. The summed E-state index contributed by atoms with van der Waals surface area (Å²) in [7, 11) is 1.59. The minimum absolute atomic E-state index is 0.356. The Hall–Kier alpha value is -1.26. The van der Waals surface area contributed by atoms with Crippen LogP contribution in [-0.2, 0) is 14.3 Å². The highest BCUT2D eigenvalue weighted by molar-refractivity contribution is 5.80. The Bertz CT molecular complexity index is 455. The molecule has 0 saturated carbocycles. The molecule has 0 aliphatic carbocycles. The zero-order chi connectivity index (χ0) is 24.6. The Morgan fingerprint density at radius 1 is 0.576 bits per heavy atom. The number of unbranched alkanes of at least 4 members (excludes halogenated alkanes) is 17. The van der Waals surface area contributed by atoms with E-state index in [1.54, 1.807) is 14.0 Å². The lowest BCUT2D eigenvalue weighted by Gasteiger charge is -2.22. The molecule has 1 amide bonds. The molecule has 0 aliphatic heterocycles. The number of carbonyl (C=O) groups excluding carboxylic acids is 2. The summed E-state index contributed by atoms with van der Waals surface area (Å²) >= 11 is 0. The van der Waals surface area contributed by atoms with Crippen molar-refractivity contribution in [1.29, 1.82) is 0 Å². The Kier molecular flexibility index (Phi) is 23.0. The first-order chi connectivity index (χ1) is 16.0. The van der Waals surface area contributed by atoms with Crippen LogP contribution in [0.5, 0.6) is 0 Å². The molecule has 0 fully saturated rings. The van der Waals surface area contributed by atoms with E-state index < -0.39 is 12.1 Å². The number of carbonyl (C=O) groups is 2. The molecule has 0 heterocycles. The lowest BCUT2D eigenvalue weighted by Crippen LogP contribution is -2.41. The Balaban J connectivity index is 3.52. The molecular formula is C28H55NO4. The fourth-order valence-electron chi connectivity index (χ4n) is 3.87. The van der Waals surface area contributed by atoms with Crippen LogP contribution in [0.4, 0.5) is 4.79 Å². The number of nitrogens with zero attached hydrogens (tertiary/aromatic N) is 1. The van der Waals surface area contributed by atoms with Crippen molar-refractivity contribution in [1.82, 2.24) is 4.90 Å². The summed E-state index contributed by atoms with van der Waals surface area (Å²) < 4.78 is 10.6. The zero-order valence-electron chi connectivity index (χ0n) is 22.5. The van der Waals surface area contributed by atoms with Crippen molar-refractivity contribution in [3.63, 3.8) is 0 Å². The number of esters is 1. The van der Waals surface area contributed by atoms with E-state index in [1.165, 1.54) is 88.4 Å². The summed E-state index contributed by atoms with van der Waals surface area (Å²) in [5.74, 6) is -0.356. The van der Waals surface area contributed by atoms with E-state index in [9.17, 15) is 9.59 Å². The molecule has 0 saturated heterocycles. The van der Waals surface area contributed by atoms with Gasteiger partial charge in [0.25, 0.3) is 0 Å². The van der Waals surface area contributed by atoms with Gasteiger partial charge < -0.3 is 9.47 Å². The average Bonchev–Trinajstić information content (AvgIpc) is 2.82. The van der Waals surface area contributed by atoms with E-state index in [0.29, 0.717) is 13.2 Å². The number of hydrogen-bond acceptors (Lipinski definition) is 4. The van der Waals surface area contributed by atoms with Crippen LogP contribution in [0.25, 0.3) is 0 Å². The maximum Gasteiger partial charge on any atom is 0.410 e. The molecule has 0 N–H and O–H groups in total. The minimum Gasteiger partial charge on any atom is -0.464 e.